The maximum Gasteiger partial charge on any atom is 0.324 e. The maximum absolute atomic E-state index is 11.8. The number of benzene rings is 1. The summed E-state index contributed by atoms with van der Waals surface area (Å²) in [6, 6.07) is 8.92. The first kappa shape index (κ1) is 14.8. The number of nitrogens with one attached hydrogen (secondary N) is 3. The summed E-state index contributed by atoms with van der Waals surface area (Å²) in [6.07, 6.45) is 1.59. The average Bonchev–Trinajstić information content (AvgIpc) is 2.89. The van der Waals surface area contributed by atoms with E-state index >= 15 is 0 Å². The number of nitrogens with zero attached hydrogens (tertiary/aromatic N) is 1. The standard InChI is InChI=1S/C13H16N4OS2/c1-13(2,20-19)11-14-8-10(16-11)17-12(18)15-9-6-4-3-5-7-9/h3-8,19H,1-2H3,(H,14,16)(H2,15,17,18). The van der Waals surface area contributed by atoms with Gasteiger partial charge in [-0.3, -0.25) is 5.32 Å². The van der Waals surface area contributed by atoms with Gasteiger partial charge in [-0.2, -0.15) is 0 Å². The van der Waals surface area contributed by atoms with Crippen molar-refractivity contribution in [2.75, 3.05) is 10.6 Å². The highest BCUT2D eigenvalue weighted by atomic mass is 33.1. The maximum atomic E-state index is 11.8. The minimum Gasteiger partial charge on any atom is -0.327 e. The highest BCUT2D eigenvalue weighted by Crippen LogP contribution is 2.36. The number of thiol groups is 1. The normalized spacial score (nSPS) is 11.2. The van der Waals surface area contributed by atoms with E-state index in [1.165, 1.54) is 10.8 Å². The summed E-state index contributed by atoms with van der Waals surface area (Å²) in [5.74, 6) is 1.30. The predicted molar refractivity (Wildman–Crippen MR) is 87.3 cm³/mol. The fourth-order valence-electron chi connectivity index (χ4n) is 1.54. The number of anilines is 2. The molecule has 0 spiro atoms. The van der Waals surface area contributed by atoms with Gasteiger partial charge in [0.05, 0.1) is 10.9 Å². The zero-order valence-electron chi connectivity index (χ0n) is 11.2. The lowest BCUT2D eigenvalue weighted by atomic mass is 10.2. The molecular weight excluding hydrogens is 292 g/mol. The van der Waals surface area contributed by atoms with E-state index in [0.29, 0.717) is 5.82 Å². The monoisotopic (exact) mass is 308 g/mol. The zero-order chi connectivity index (χ0) is 14.6. The molecule has 2 aromatic rings. The SMILES string of the molecule is CC(C)(SS)c1ncc(NC(=O)Nc2ccccc2)[nH]1. The number of para-hydroxylation sites is 1. The van der Waals surface area contributed by atoms with Gasteiger partial charge in [0.1, 0.15) is 11.6 Å². The molecule has 1 aromatic carbocycles. The third-order valence-electron chi connectivity index (χ3n) is 2.65. The Balaban J connectivity index is 1.99. The molecule has 3 N–H and O–H groups in total. The first-order chi connectivity index (χ1) is 9.51. The van der Waals surface area contributed by atoms with E-state index in [1.54, 1.807) is 6.20 Å². The average molecular weight is 308 g/mol. The van der Waals surface area contributed by atoms with Gasteiger partial charge in [0.2, 0.25) is 0 Å². The van der Waals surface area contributed by atoms with Crippen LogP contribution in [-0.2, 0) is 4.75 Å². The number of hydrogen-bond acceptors (Lipinski definition) is 4. The Bertz CT molecular complexity index is 583. The molecule has 5 nitrogen and oxygen atoms in total. The molecule has 1 heterocycles. The van der Waals surface area contributed by atoms with Crippen LogP contribution in [0.4, 0.5) is 16.3 Å². The Morgan fingerprint density at radius 1 is 1.30 bits per heavy atom. The lowest BCUT2D eigenvalue weighted by Crippen LogP contribution is -2.20. The Morgan fingerprint density at radius 3 is 2.65 bits per heavy atom. The summed E-state index contributed by atoms with van der Waals surface area (Å²) in [7, 11) is 1.39. The lowest BCUT2D eigenvalue weighted by Gasteiger charge is -2.17. The Hall–Kier alpha value is -1.60. The highest BCUT2D eigenvalue weighted by molar-refractivity contribution is 8.68. The van der Waals surface area contributed by atoms with Crippen molar-refractivity contribution < 1.29 is 4.79 Å². The van der Waals surface area contributed by atoms with E-state index in [0.717, 1.165) is 11.5 Å². The fraction of sp³-hybridized carbons (Fsp3) is 0.231. The number of imidazole rings is 1. The summed E-state index contributed by atoms with van der Waals surface area (Å²) in [4.78, 5) is 19.1. The molecule has 0 saturated heterocycles. The zero-order valence-corrected chi connectivity index (χ0v) is 12.9. The van der Waals surface area contributed by atoms with Gasteiger partial charge in [0.15, 0.2) is 0 Å². The van der Waals surface area contributed by atoms with Crippen molar-refractivity contribution in [1.29, 1.82) is 0 Å². The number of hydrogen-bond donors (Lipinski definition) is 4. The molecule has 0 aliphatic heterocycles. The Kier molecular flexibility index (Phi) is 4.61. The van der Waals surface area contributed by atoms with Crippen molar-refractivity contribution in [3.05, 3.63) is 42.4 Å². The number of carbonyl (C=O) groups is 1. The van der Waals surface area contributed by atoms with Crippen LogP contribution < -0.4 is 10.6 Å². The molecule has 20 heavy (non-hydrogen) atoms. The number of aromatic amines is 1. The fourth-order valence-corrected chi connectivity index (χ4v) is 1.99. The van der Waals surface area contributed by atoms with E-state index < -0.39 is 0 Å². The second-order valence-corrected chi connectivity index (χ2v) is 6.44. The third kappa shape index (κ3) is 3.71. The summed E-state index contributed by atoms with van der Waals surface area (Å²) in [6.45, 7) is 3.99. The van der Waals surface area contributed by atoms with Crippen LogP contribution in [0.1, 0.15) is 19.7 Å². The van der Waals surface area contributed by atoms with Crippen molar-refractivity contribution in [2.45, 2.75) is 18.6 Å². The molecule has 0 atom stereocenters. The van der Waals surface area contributed by atoms with Crippen LogP contribution in [0.2, 0.25) is 0 Å². The van der Waals surface area contributed by atoms with Crippen LogP contribution in [0.25, 0.3) is 0 Å². The molecule has 0 fully saturated rings. The van der Waals surface area contributed by atoms with E-state index in [-0.39, 0.29) is 10.8 Å². The number of aromatic nitrogens is 2. The predicted octanol–water partition coefficient (Wildman–Crippen LogP) is 3.87. The van der Waals surface area contributed by atoms with E-state index in [9.17, 15) is 4.79 Å². The van der Waals surface area contributed by atoms with Gasteiger partial charge in [-0.1, -0.05) is 29.0 Å². The van der Waals surface area contributed by atoms with Crippen LogP contribution in [0, 0.1) is 0 Å². The second-order valence-electron chi connectivity index (χ2n) is 4.69. The van der Waals surface area contributed by atoms with Crippen LogP contribution in [0.5, 0.6) is 0 Å². The molecule has 2 amide bonds. The molecular formula is C13H16N4OS2. The van der Waals surface area contributed by atoms with E-state index in [2.05, 4.69) is 32.3 Å². The Morgan fingerprint density at radius 2 is 2.00 bits per heavy atom. The Labute approximate surface area is 126 Å². The quantitative estimate of drug-likeness (QED) is 0.512. The summed E-state index contributed by atoms with van der Waals surface area (Å²) >= 11 is 4.21. The molecule has 0 aliphatic carbocycles. The van der Waals surface area contributed by atoms with Crippen LogP contribution in [0.3, 0.4) is 0 Å². The highest BCUT2D eigenvalue weighted by Gasteiger charge is 2.23. The van der Waals surface area contributed by atoms with Crippen molar-refractivity contribution >= 4 is 40.0 Å². The number of urea groups is 1. The van der Waals surface area contributed by atoms with Crippen molar-refractivity contribution in [3.8, 4) is 0 Å². The van der Waals surface area contributed by atoms with E-state index in [4.69, 9.17) is 0 Å². The molecule has 7 heteroatoms. The third-order valence-corrected chi connectivity index (χ3v) is 4.67. The molecule has 0 unspecified atom stereocenters. The van der Waals surface area contributed by atoms with Gasteiger partial charge < -0.3 is 10.3 Å². The number of amides is 2. The van der Waals surface area contributed by atoms with Gasteiger partial charge in [0, 0.05) is 5.69 Å². The first-order valence-corrected chi connectivity index (χ1v) is 7.89. The molecule has 2 rings (SSSR count). The van der Waals surface area contributed by atoms with Crippen LogP contribution in [0.15, 0.2) is 36.5 Å². The smallest absolute Gasteiger partial charge is 0.324 e. The van der Waals surface area contributed by atoms with Crippen molar-refractivity contribution in [3.63, 3.8) is 0 Å². The molecule has 1 aromatic heterocycles. The molecule has 0 radical (unpaired) electrons. The van der Waals surface area contributed by atoms with Crippen molar-refractivity contribution in [1.82, 2.24) is 9.97 Å². The van der Waals surface area contributed by atoms with Gasteiger partial charge in [-0.15, -0.1) is 11.7 Å². The van der Waals surface area contributed by atoms with Crippen LogP contribution >= 0.6 is 22.5 Å². The largest absolute Gasteiger partial charge is 0.327 e. The minimum atomic E-state index is -0.317. The van der Waals surface area contributed by atoms with Crippen LogP contribution in [-0.4, -0.2) is 16.0 Å². The topological polar surface area (TPSA) is 69.8 Å². The van der Waals surface area contributed by atoms with Gasteiger partial charge in [-0.25, -0.2) is 9.78 Å². The van der Waals surface area contributed by atoms with Gasteiger partial charge >= 0.3 is 6.03 Å². The number of rotatable bonds is 4. The summed E-state index contributed by atoms with van der Waals surface area (Å²) in [5, 5.41) is 5.44. The minimum absolute atomic E-state index is 0.251. The summed E-state index contributed by atoms with van der Waals surface area (Å²) < 4.78 is -0.251. The van der Waals surface area contributed by atoms with Gasteiger partial charge in [0.25, 0.3) is 0 Å². The summed E-state index contributed by atoms with van der Waals surface area (Å²) in [5.41, 5.74) is 0.732. The first-order valence-electron chi connectivity index (χ1n) is 6.02. The number of H-pyrrole nitrogens is 1. The lowest BCUT2D eigenvalue weighted by molar-refractivity contribution is 0.262. The molecule has 0 saturated carbocycles. The molecule has 0 bridgehead atoms. The van der Waals surface area contributed by atoms with Gasteiger partial charge in [-0.05, 0) is 26.0 Å². The van der Waals surface area contributed by atoms with Crippen molar-refractivity contribution in [2.24, 2.45) is 0 Å². The second kappa shape index (κ2) is 6.23. The molecule has 106 valence electrons. The van der Waals surface area contributed by atoms with E-state index in [1.807, 2.05) is 44.2 Å². The molecule has 0 aliphatic rings. The number of carbonyl (C=O) groups excluding carboxylic acids is 1.